The Morgan fingerprint density at radius 2 is 1.74 bits per heavy atom. The van der Waals surface area contributed by atoms with Crippen molar-refractivity contribution in [1.82, 2.24) is 5.32 Å². The van der Waals surface area contributed by atoms with Crippen LogP contribution in [0.1, 0.15) is 12.5 Å². The van der Waals surface area contributed by atoms with Crippen molar-refractivity contribution in [3.8, 4) is 18.1 Å². The number of fused-ring (bicyclic) bond motifs is 4. The van der Waals surface area contributed by atoms with Crippen molar-refractivity contribution < 1.29 is 19.1 Å². The van der Waals surface area contributed by atoms with Crippen LogP contribution in [0.4, 0.5) is 11.4 Å². The fourth-order valence-electron chi connectivity index (χ4n) is 5.41. The van der Waals surface area contributed by atoms with E-state index in [4.69, 9.17) is 11.2 Å². The van der Waals surface area contributed by atoms with Crippen molar-refractivity contribution in [1.29, 1.82) is 0 Å². The number of hydrogen-bond acceptors (Lipinski definition) is 5. The van der Waals surface area contributed by atoms with E-state index >= 15 is 0 Å². The molecule has 0 bridgehead atoms. The molecule has 0 aliphatic carbocycles. The Morgan fingerprint density at radius 3 is 2.45 bits per heavy atom. The molecule has 7 heteroatoms. The number of ether oxygens (including phenoxy) is 1. The van der Waals surface area contributed by atoms with Gasteiger partial charge in [0.15, 0.2) is 0 Å². The minimum atomic E-state index is -1.33. The van der Waals surface area contributed by atoms with Gasteiger partial charge in [0.2, 0.25) is 11.8 Å². The van der Waals surface area contributed by atoms with Gasteiger partial charge in [0.1, 0.15) is 11.3 Å². The van der Waals surface area contributed by atoms with Gasteiger partial charge in [-0.3, -0.25) is 24.6 Å². The maximum absolute atomic E-state index is 13.8. The smallest absolute Gasteiger partial charge is 0.253 e. The van der Waals surface area contributed by atoms with E-state index in [9.17, 15) is 14.4 Å². The third kappa shape index (κ3) is 2.31. The zero-order chi connectivity index (χ0) is 21.9. The van der Waals surface area contributed by atoms with Gasteiger partial charge in [0.25, 0.3) is 5.91 Å². The number of carbonyl (C=O) groups excluding carboxylic acids is 3. The zero-order valence-corrected chi connectivity index (χ0v) is 17.2. The second-order valence-electron chi connectivity index (χ2n) is 8.04. The van der Waals surface area contributed by atoms with E-state index in [-0.39, 0.29) is 24.4 Å². The standard InChI is InChI=1S/C24H21N3O4/c1-4-13-26-16-10-6-5-9-15(16)24(23(26)30)20-19(14(2)25-24)21(28)27(22(20)29)17-11-7-8-12-18(17)31-3/h1,5-12,14,19-20,25H,13H2,2-3H3. The monoisotopic (exact) mass is 415 g/mol. The predicted molar refractivity (Wildman–Crippen MR) is 114 cm³/mol. The molecule has 1 N–H and O–H groups in total. The highest BCUT2D eigenvalue weighted by Crippen LogP contribution is 2.55. The summed E-state index contributed by atoms with van der Waals surface area (Å²) in [6.07, 6.45) is 5.52. The van der Waals surface area contributed by atoms with Gasteiger partial charge in [0, 0.05) is 11.6 Å². The molecule has 1 spiro atoms. The van der Waals surface area contributed by atoms with Crippen molar-refractivity contribution in [3.63, 3.8) is 0 Å². The highest BCUT2D eigenvalue weighted by molar-refractivity contribution is 6.26. The number of methoxy groups -OCH3 is 1. The predicted octanol–water partition coefficient (Wildman–Crippen LogP) is 1.67. The summed E-state index contributed by atoms with van der Waals surface area (Å²) in [6, 6.07) is 13.8. The molecular formula is C24H21N3O4. The van der Waals surface area contributed by atoms with Crippen LogP contribution < -0.4 is 19.9 Å². The van der Waals surface area contributed by atoms with Crippen LogP contribution in [0.15, 0.2) is 48.5 Å². The summed E-state index contributed by atoms with van der Waals surface area (Å²) >= 11 is 0. The third-order valence-electron chi connectivity index (χ3n) is 6.59. The Labute approximate surface area is 180 Å². The minimum absolute atomic E-state index is 0.0867. The number of nitrogens with one attached hydrogen (secondary N) is 1. The lowest BCUT2D eigenvalue weighted by atomic mass is 9.76. The first kappa shape index (κ1) is 19.3. The second-order valence-corrected chi connectivity index (χ2v) is 8.04. The minimum Gasteiger partial charge on any atom is -0.495 e. The number of imide groups is 1. The number of rotatable bonds is 3. The SMILES string of the molecule is C#CCN1C(=O)C2(NC(C)C3C(=O)N(c4ccccc4OC)C(=O)C32)c2ccccc21. The van der Waals surface area contributed by atoms with Crippen LogP contribution in [-0.4, -0.2) is 37.4 Å². The fourth-order valence-corrected chi connectivity index (χ4v) is 5.41. The van der Waals surface area contributed by atoms with Crippen molar-refractivity contribution in [3.05, 3.63) is 54.1 Å². The normalized spacial score (nSPS) is 28.8. The number of nitrogens with zero attached hydrogens (tertiary/aromatic N) is 2. The van der Waals surface area contributed by atoms with Gasteiger partial charge in [-0.15, -0.1) is 6.42 Å². The average molecular weight is 415 g/mol. The van der Waals surface area contributed by atoms with Gasteiger partial charge >= 0.3 is 0 Å². The highest BCUT2D eigenvalue weighted by atomic mass is 16.5. The van der Waals surface area contributed by atoms with E-state index in [1.807, 2.05) is 31.2 Å². The van der Waals surface area contributed by atoms with Crippen LogP contribution in [0, 0.1) is 24.2 Å². The number of amides is 3. The summed E-state index contributed by atoms with van der Waals surface area (Å²) in [7, 11) is 1.49. The maximum atomic E-state index is 13.8. The molecule has 5 rings (SSSR count). The first-order chi connectivity index (χ1) is 15.0. The van der Waals surface area contributed by atoms with Crippen molar-refractivity contribution in [2.24, 2.45) is 11.8 Å². The molecule has 4 atom stereocenters. The van der Waals surface area contributed by atoms with Gasteiger partial charge in [-0.2, -0.15) is 0 Å². The highest BCUT2D eigenvalue weighted by Gasteiger charge is 2.71. The molecule has 0 aromatic heterocycles. The van der Waals surface area contributed by atoms with Crippen LogP contribution >= 0.6 is 0 Å². The van der Waals surface area contributed by atoms with Crippen LogP contribution in [0.5, 0.6) is 5.75 Å². The number of benzene rings is 2. The number of hydrogen-bond donors (Lipinski definition) is 1. The topological polar surface area (TPSA) is 79.0 Å². The van der Waals surface area contributed by atoms with E-state index in [1.165, 1.54) is 16.9 Å². The Hall–Kier alpha value is -3.63. The van der Waals surface area contributed by atoms with Crippen molar-refractivity contribution >= 4 is 29.1 Å². The van der Waals surface area contributed by atoms with Crippen LogP contribution in [0.25, 0.3) is 0 Å². The molecule has 3 aliphatic heterocycles. The molecule has 0 radical (unpaired) electrons. The molecule has 3 heterocycles. The van der Waals surface area contributed by atoms with E-state index in [2.05, 4.69) is 11.2 Å². The van der Waals surface area contributed by atoms with Crippen molar-refractivity contribution in [2.45, 2.75) is 18.5 Å². The van der Waals surface area contributed by atoms with Crippen LogP contribution in [-0.2, 0) is 19.9 Å². The van der Waals surface area contributed by atoms with Gasteiger partial charge in [-0.25, -0.2) is 4.90 Å². The summed E-state index contributed by atoms with van der Waals surface area (Å²) in [5.74, 6) is 0.342. The molecule has 3 aliphatic rings. The van der Waals surface area contributed by atoms with E-state index in [1.54, 1.807) is 24.3 Å². The second kappa shape index (κ2) is 6.69. The summed E-state index contributed by atoms with van der Waals surface area (Å²) in [4.78, 5) is 43.7. The van der Waals surface area contributed by atoms with Crippen molar-refractivity contribution in [2.75, 3.05) is 23.5 Å². The number of para-hydroxylation sites is 3. The summed E-state index contributed by atoms with van der Waals surface area (Å²) < 4.78 is 5.39. The van der Waals surface area contributed by atoms with E-state index < -0.39 is 23.3 Å². The van der Waals surface area contributed by atoms with Gasteiger partial charge in [0.05, 0.1) is 36.9 Å². The quantitative estimate of drug-likeness (QED) is 0.610. The summed E-state index contributed by atoms with van der Waals surface area (Å²) in [5, 5.41) is 3.33. The Bertz CT molecular complexity index is 1170. The Kier molecular flexibility index (Phi) is 4.17. The largest absolute Gasteiger partial charge is 0.495 e. The molecule has 31 heavy (non-hydrogen) atoms. The maximum Gasteiger partial charge on any atom is 0.253 e. The first-order valence-electron chi connectivity index (χ1n) is 10.1. The molecule has 2 fully saturated rings. The van der Waals surface area contributed by atoms with Gasteiger partial charge < -0.3 is 4.74 Å². The molecule has 7 nitrogen and oxygen atoms in total. The molecule has 2 saturated heterocycles. The molecule has 0 saturated carbocycles. The summed E-state index contributed by atoms with van der Waals surface area (Å²) in [5.41, 5.74) is 0.400. The van der Waals surface area contributed by atoms with Gasteiger partial charge in [-0.05, 0) is 25.1 Å². The molecule has 3 amide bonds. The molecule has 4 unspecified atom stereocenters. The molecule has 2 aromatic rings. The zero-order valence-electron chi connectivity index (χ0n) is 17.2. The van der Waals surface area contributed by atoms with E-state index in [0.717, 1.165) is 0 Å². The lowest BCUT2D eigenvalue weighted by Gasteiger charge is -2.30. The molecule has 156 valence electrons. The van der Waals surface area contributed by atoms with Crippen LogP contribution in [0.3, 0.4) is 0 Å². The first-order valence-corrected chi connectivity index (χ1v) is 10.1. The fraction of sp³-hybridized carbons (Fsp3) is 0.292. The number of anilines is 2. The number of carbonyl (C=O) groups is 3. The van der Waals surface area contributed by atoms with Gasteiger partial charge in [-0.1, -0.05) is 36.3 Å². The lowest BCUT2D eigenvalue weighted by Crippen LogP contribution is -2.55. The lowest BCUT2D eigenvalue weighted by molar-refractivity contribution is -0.132. The number of terminal acetylenes is 1. The Balaban J connectivity index is 1.68. The van der Waals surface area contributed by atoms with Crippen LogP contribution in [0.2, 0.25) is 0 Å². The third-order valence-corrected chi connectivity index (χ3v) is 6.59. The Morgan fingerprint density at radius 1 is 1.06 bits per heavy atom. The molecular weight excluding hydrogens is 394 g/mol. The average Bonchev–Trinajstić information content (AvgIpc) is 3.32. The molecule has 2 aromatic carbocycles. The van der Waals surface area contributed by atoms with E-state index in [0.29, 0.717) is 22.7 Å². The summed E-state index contributed by atoms with van der Waals surface area (Å²) in [6.45, 7) is 1.92.